The van der Waals surface area contributed by atoms with Crippen molar-refractivity contribution in [2.24, 2.45) is 0 Å². The Hall–Kier alpha value is -2.08. The van der Waals surface area contributed by atoms with Crippen LogP contribution in [0.3, 0.4) is 0 Å². The van der Waals surface area contributed by atoms with Crippen molar-refractivity contribution in [1.82, 2.24) is 15.1 Å². The number of carbonyl (C=O) groups excluding carboxylic acids is 2. The zero-order chi connectivity index (χ0) is 19.6. The SMILES string of the molecule is CN1CCC2(CC1)CN(CC(=O)NC1CCCCC1)C(=O)c1ccccc1O2. The number of ether oxygens (including phenoxy) is 1. The Kier molecular flexibility index (Phi) is 5.58. The lowest BCUT2D eigenvalue weighted by atomic mass is 9.90. The van der Waals surface area contributed by atoms with Gasteiger partial charge in [-0.25, -0.2) is 0 Å². The molecule has 2 heterocycles. The molecule has 6 nitrogen and oxygen atoms in total. The Morgan fingerprint density at radius 1 is 1.18 bits per heavy atom. The van der Waals surface area contributed by atoms with Crippen molar-refractivity contribution in [3.05, 3.63) is 29.8 Å². The summed E-state index contributed by atoms with van der Waals surface area (Å²) in [6, 6.07) is 7.69. The molecule has 0 unspecified atom stereocenters. The van der Waals surface area contributed by atoms with Crippen molar-refractivity contribution in [3.8, 4) is 5.75 Å². The van der Waals surface area contributed by atoms with Crippen molar-refractivity contribution in [1.29, 1.82) is 0 Å². The number of nitrogens with one attached hydrogen (secondary N) is 1. The first-order valence-electron chi connectivity index (χ1n) is 10.6. The lowest BCUT2D eigenvalue weighted by molar-refractivity contribution is -0.123. The van der Waals surface area contributed by atoms with Gasteiger partial charge in [-0.3, -0.25) is 9.59 Å². The number of para-hydroxylation sites is 1. The van der Waals surface area contributed by atoms with Gasteiger partial charge in [0.05, 0.1) is 12.1 Å². The summed E-state index contributed by atoms with van der Waals surface area (Å²) in [6.45, 7) is 2.42. The predicted molar refractivity (Wildman–Crippen MR) is 107 cm³/mol. The van der Waals surface area contributed by atoms with E-state index in [9.17, 15) is 9.59 Å². The first kappa shape index (κ1) is 19.2. The third kappa shape index (κ3) is 4.17. The standard InChI is InChI=1S/C22H31N3O3/c1-24-13-11-22(12-14-24)16-25(15-20(26)23-17-7-3-2-4-8-17)21(27)18-9-5-6-10-19(18)28-22/h5-6,9-10,17H,2-4,7-8,11-16H2,1H3,(H,23,26). The maximum atomic E-state index is 13.2. The number of fused-ring (bicyclic) bond motifs is 1. The molecule has 0 bridgehead atoms. The Morgan fingerprint density at radius 3 is 2.64 bits per heavy atom. The molecular weight excluding hydrogens is 354 g/mol. The van der Waals surface area contributed by atoms with Gasteiger partial charge < -0.3 is 19.9 Å². The van der Waals surface area contributed by atoms with Gasteiger partial charge in [-0.05, 0) is 32.0 Å². The molecule has 2 fully saturated rings. The minimum atomic E-state index is -0.417. The Bertz CT molecular complexity index is 721. The number of nitrogens with zero attached hydrogens (tertiary/aromatic N) is 2. The van der Waals surface area contributed by atoms with E-state index in [0.717, 1.165) is 38.8 Å². The molecule has 1 aromatic carbocycles. The molecule has 2 amide bonds. The van der Waals surface area contributed by atoms with Gasteiger partial charge in [-0.15, -0.1) is 0 Å². The van der Waals surface area contributed by atoms with Gasteiger partial charge in [0.2, 0.25) is 5.91 Å². The summed E-state index contributed by atoms with van der Waals surface area (Å²) in [5.41, 5.74) is 0.142. The summed E-state index contributed by atoms with van der Waals surface area (Å²) in [5, 5.41) is 3.15. The van der Waals surface area contributed by atoms with E-state index in [4.69, 9.17) is 4.74 Å². The monoisotopic (exact) mass is 385 g/mol. The lowest BCUT2D eigenvalue weighted by Crippen LogP contribution is -2.55. The number of benzene rings is 1. The average molecular weight is 386 g/mol. The fraction of sp³-hybridized carbons (Fsp3) is 0.636. The zero-order valence-electron chi connectivity index (χ0n) is 16.8. The molecular formula is C22H31N3O3. The summed E-state index contributed by atoms with van der Waals surface area (Å²) in [6.07, 6.45) is 7.39. The number of rotatable bonds is 3. The largest absolute Gasteiger partial charge is 0.484 e. The number of hydrogen-bond donors (Lipinski definition) is 1. The maximum Gasteiger partial charge on any atom is 0.258 e. The van der Waals surface area contributed by atoms with Crippen molar-refractivity contribution in [2.45, 2.75) is 56.6 Å². The number of carbonyl (C=O) groups is 2. The lowest BCUT2D eigenvalue weighted by Gasteiger charge is -2.41. The van der Waals surface area contributed by atoms with Gasteiger partial charge in [0.15, 0.2) is 0 Å². The van der Waals surface area contributed by atoms with Crippen LogP contribution in [0.1, 0.15) is 55.3 Å². The van der Waals surface area contributed by atoms with Crippen LogP contribution in [-0.2, 0) is 4.79 Å². The Morgan fingerprint density at radius 2 is 1.89 bits per heavy atom. The molecule has 6 heteroatoms. The summed E-state index contributed by atoms with van der Waals surface area (Å²) < 4.78 is 6.45. The van der Waals surface area contributed by atoms with Gasteiger partial charge in [0, 0.05) is 32.0 Å². The summed E-state index contributed by atoms with van der Waals surface area (Å²) in [5.74, 6) is 0.486. The smallest absolute Gasteiger partial charge is 0.258 e. The highest BCUT2D eigenvalue weighted by molar-refractivity contribution is 5.99. The minimum absolute atomic E-state index is 0.0530. The minimum Gasteiger partial charge on any atom is -0.484 e. The molecule has 152 valence electrons. The van der Waals surface area contributed by atoms with Crippen LogP contribution in [0.2, 0.25) is 0 Å². The van der Waals surface area contributed by atoms with E-state index in [2.05, 4.69) is 17.3 Å². The topological polar surface area (TPSA) is 61.9 Å². The second-order valence-electron chi connectivity index (χ2n) is 8.65. The molecule has 1 spiro atoms. The van der Waals surface area contributed by atoms with Crippen molar-refractivity contribution < 1.29 is 14.3 Å². The second kappa shape index (κ2) is 8.11. The van der Waals surface area contributed by atoms with Crippen molar-refractivity contribution in [3.63, 3.8) is 0 Å². The molecule has 1 saturated heterocycles. The number of piperidine rings is 1. The highest BCUT2D eigenvalue weighted by atomic mass is 16.5. The summed E-state index contributed by atoms with van der Waals surface area (Å²) in [4.78, 5) is 29.9. The highest BCUT2D eigenvalue weighted by Gasteiger charge is 2.42. The van der Waals surface area contributed by atoms with E-state index < -0.39 is 5.60 Å². The second-order valence-corrected chi connectivity index (χ2v) is 8.65. The number of hydrogen-bond acceptors (Lipinski definition) is 4. The fourth-order valence-electron chi connectivity index (χ4n) is 4.70. The van der Waals surface area contributed by atoms with Crippen LogP contribution in [0.25, 0.3) is 0 Å². The maximum absolute atomic E-state index is 13.2. The van der Waals surface area contributed by atoms with Gasteiger partial charge >= 0.3 is 0 Å². The zero-order valence-corrected chi connectivity index (χ0v) is 16.8. The van der Waals surface area contributed by atoms with Gasteiger partial charge in [-0.1, -0.05) is 31.4 Å². The molecule has 1 aromatic rings. The number of amides is 2. The van der Waals surface area contributed by atoms with Gasteiger partial charge in [-0.2, -0.15) is 0 Å². The Labute approximate surface area is 167 Å². The van der Waals surface area contributed by atoms with Gasteiger partial charge in [0.25, 0.3) is 5.91 Å². The van der Waals surface area contributed by atoms with Crippen LogP contribution in [0.5, 0.6) is 5.75 Å². The van der Waals surface area contributed by atoms with Crippen molar-refractivity contribution in [2.75, 3.05) is 33.2 Å². The molecule has 1 N–H and O–H groups in total. The first-order chi connectivity index (χ1) is 13.5. The average Bonchev–Trinajstić information content (AvgIpc) is 2.81. The van der Waals surface area contributed by atoms with Crippen LogP contribution in [-0.4, -0.2) is 66.5 Å². The molecule has 28 heavy (non-hydrogen) atoms. The van der Waals surface area contributed by atoms with E-state index in [1.165, 1.54) is 19.3 Å². The van der Waals surface area contributed by atoms with Crippen LogP contribution in [0.15, 0.2) is 24.3 Å². The van der Waals surface area contributed by atoms with E-state index in [1.807, 2.05) is 18.2 Å². The molecule has 1 aliphatic carbocycles. The highest BCUT2D eigenvalue weighted by Crippen LogP contribution is 2.35. The predicted octanol–water partition coefficient (Wildman–Crippen LogP) is 2.43. The molecule has 2 aliphatic heterocycles. The van der Waals surface area contributed by atoms with Crippen LogP contribution in [0.4, 0.5) is 0 Å². The van der Waals surface area contributed by atoms with Gasteiger partial charge in [0.1, 0.15) is 17.9 Å². The van der Waals surface area contributed by atoms with E-state index in [-0.39, 0.29) is 24.4 Å². The molecule has 3 aliphatic rings. The third-order valence-corrected chi connectivity index (χ3v) is 6.41. The summed E-state index contributed by atoms with van der Waals surface area (Å²) in [7, 11) is 2.11. The van der Waals surface area contributed by atoms with E-state index in [1.54, 1.807) is 11.0 Å². The third-order valence-electron chi connectivity index (χ3n) is 6.41. The van der Waals surface area contributed by atoms with Crippen LogP contribution < -0.4 is 10.1 Å². The van der Waals surface area contributed by atoms with E-state index in [0.29, 0.717) is 17.9 Å². The summed E-state index contributed by atoms with van der Waals surface area (Å²) >= 11 is 0. The van der Waals surface area contributed by atoms with Crippen LogP contribution >= 0.6 is 0 Å². The molecule has 0 atom stereocenters. The molecule has 0 radical (unpaired) electrons. The first-order valence-corrected chi connectivity index (χ1v) is 10.6. The fourth-order valence-corrected chi connectivity index (χ4v) is 4.70. The molecule has 1 saturated carbocycles. The van der Waals surface area contributed by atoms with Crippen molar-refractivity contribution >= 4 is 11.8 Å². The normalized spacial score (nSPS) is 23.0. The molecule has 0 aromatic heterocycles. The molecule has 4 rings (SSSR count). The Balaban J connectivity index is 1.53. The number of likely N-dealkylation sites (tertiary alicyclic amines) is 1. The quantitative estimate of drug-likeness (QED) is 0.868. The van der Waals surface area contributed by atoms with E-state index >= 15 is 0 Å². The van der Waals surface area contributed by atoms with Crippen LogP contribution in [0, 0.1) is 0 Å².